The third-order valence-corrected chi connectivity index (χ3v) is 5.10. The summed E-state index contributed by atoms with van der Waals surface area (Å²) in [6.07, 6.45) is 1.80. The van der Waals surface area contributed by atoms with Gasteiger partial charge in [-0.3, -0.25) is 0 Å². The highest BCUT2D eigenvalue weighted by Gasteiger charge is 2.22. The second-order valence-corrected chi connectivity index (χ2v) is 6.93. The number of rotatable bonds is 4. The van der Waals surface area contributed by atoms with E-state index in [0.29, 0.717) is 10.6 Å². The van der Waals surface area contributed by atoms with E-state index in [9.17, 15) is 8.42 Å². The van der Waals surface area contributed by atoms with Gasteiger partial charge in [-0.15, -0.1) is 0 Å². The number of para-hydroxylation sites is 1. The number of ether oxygens (including phenoxy) is 1. The molecule has 1 heterocycles. The van der Waals surface area contributed by atoms with Crippen molar-refractivity contribution in [3.63, 3.8) is 0 Å². The normalized spacial score (nSPS) is 17.6. The molecule has 1 fully saturated rings. The topological polar surface area (TPSA) is 58.6 Å². The first-order valence-electron chi connectivity index (χ1n) is 6.37. The first kappa shape index (κ1) is 14.3. The van der Waals surface area contributed by atoms with Crippen molar-refractivity contribution >= 4 is 15.7 Å². The number of nitrogens with zero attached hydrogens (tertiary/aromatic N) is 1. The van der Waals surface area contributed by atoms with Crippen molar-refractivity contribution in [1.29, 1.82) is 0 Å². The van der Waals surface area contributed by atoms with Gasteiger partial charge in [-0.25, -0.2) is 12.7 Å². The molecular weight excluding hydrogens is 264 g/mol. The SMILES string of the molecule is CN(C)S(=O)(=O)c1ccccc1NC1CCOCC1. The van der Waals surface area contributed by atoms with E-state index in [-0.39, 0.29) is 6.04 Å². The van der Waals surface area contributed by atoms with Gasteiger partial charge in [0.1, 0.15) is 4.90 Å². The minimum Gasteiger partial charge on any atom is -0.381 e. The van der Waals surface area contributed by atoms with Crippen LogP contribution in [0.15, 0.2) is 29.2 Å². The third kappa shape index (κ3) is 3.26. The molecule has 1 aromatic rings. The van der Waals surface area contributed by atoms with E-state index < -0.39 is 10.0 Å². The van der Waals surface area contributed by atoms with Crippen LogP contribution < -0.4 is 5.32 Å². The van der Waals surface area contributed by atoms with Crippen molar-refractivity contribution in [2.24, 2.45) is 0 Å². The van der Waals surface area contributed by atoms with Gasteiger partial charge < -0.3 is 10.1 Å². The molecule has 0 unspecified atom stereocenters. The van der Waals surface area contributed by atoms with Gasteiger partial charge in [0.15, 0.2) is 0 Å². The van der Waals surface area contributed by atoms with Crippen molar-refractivity contribution in [3.8, 4) is 0 Å². The fraction of sp³-hybridized carbons (Fsp3) is 0.538. The molecule has 1 N–H and O–H groups in total. The average Bonchev–Trinajstić information content (AvgIpc) is 2.40. The maximum atomic E-state index is 12.3. The molecule has 1 aliphatic heterocycles. The predicted molar refractivity (Wildman–Crippen MR) is 74.8 cm³/mol. The summed E-state index contributed by atoms with van der Waals surface area (Å²) in [4.78, 5) is 0.325. The van der Waals surface area contributed by atoms with E-state index >= 15 is 0 Å². The van der Waals surface area contributed by atoms with Crippen LogP contribution in [0.3, 0.4) is 0 Å². The summed E-state index contributed by atoms with van der Waals surface area (Å²) in [6, 6.07) is 7.30. The highest BCUT2D eigenvalue weighted by molar-refractivity contribution is 7.89. The Bertz CT molecular complexity index is 522. The maximum absolute atomic E-state index is 12.3. The molecule has 19 heavy (non-hydrogen) atoms. The molecule has 1 aliphatic rings. The minimum absolute atomic E-state index is 0.271. The highest BCUT2D eigenvalue weighted by Crippen LogP contribution is 2.25. The van der Waals surface area contributed by atoms with Crippen LogP contribution in [-0.2, 0) is 14.8 Å². The van der Waals surface area contributed by atoms with E-state index in [0.717, 1.165) is 26.1 Å². The van der Waals surface area contributed by atoms with E-state index in [4.69, 9.17) is 4.74 Å². The standard InChI is InChI=1S/C13H20N2O3S/c1-15(2)19(16,17)13-6-4-3-5-12(13)14-11-7-9-18-10-8-11/h3-6,11,14H,7-10H2,1-2H3. The largest absolute Gasteiger partial charge is 0.381 e. The second-order valence-electron chi connectivity index (χ2n) is 4.81. The molecule has 0 amide bonds. The second kappa shape index (κ2) is 5.90. The molecule has 0 aromatic heterocycles. The van der Waals surface area contributed by atoms with Crippen LogP contribution >= 0.6 is 0 Å². The van der Waals surface area contributed by atoms with Gasteiger partial charge >= 0.3 is 0 Å². The van der Waals surface area contributed by atoms with Gasteiger partial charge in [0.2, 0.25) is 10.0 Å². The van der Waals surface area contributed by atoms with Gasteiger partial charge in [0.05, 0.1) is 5.69 Å². The molecule has 0 spiro atoms. The molecule has 1 aromatic carbocycles. The summed E-state index contributed by atoms with van der Waals surface area (Å²) in [5.41, 5.74) is 0.670. The van der Waals surface area contributed by atoms with Crippen molar-refractivity contribution < 1.29 is 13.2 Å². The van der Waals surface area contributed by atoms with Crippen LogP contribution in [0.25, 0.3) is 0 Å². The Hall–Kier alpha value is -1.11. The van der Waals surface area contributed by atoms with Crippen molar-refractivity contribution in [3.05, 3.63) is 24.3 Å². The Morgan fingerprint density at radius 3 is 2.47 bits per heavy atom. The van der Waals surface area contributed by atoms with Crippen LogP contribution in [0.4, 0.5) is 5.69 Å². The molecule has 0 aliphatic carbocycles. The van der Waals surface area contributed by atoms with Crippen LogP contribution in [0.5, 0.6) is 0 Å². The van der Waals surface area contributed by atoms with Gasteiger partial charge in [-0.05, 0) is 25.0 Å². The monoisotopic (exact) mass is 284 g/mol. The molecule has 0 atom stereocenters. The van der Waals surface area contributed by atoms with E-state index in [1.807, 2.05) is 12.1 Å². The van der Waals surface area contributed by atoms with E-state index in [1.54, 1.807) is 26.2 Å². The lowest BCUT2D eigenvalue weighted by atomic mass is 10.1. The Balaban J connectivity index is 2.26. The summed E-state index contributed by atoms with van der Waals surface area (Å²) < 4.78 is 31.1. The first-order chi connectivity index (χ1) is 9.01. The predicted octanol–water partition coefficient (Wildman–Crippen LogP) is 1.53. The van der Waals surface area contributed by atoms with Crippen LogP contribution in [0.1, 0.15) is 12.8 Å². The van der Waals surface area contributed by atoms with Gasteiger partial charge in [-0.2, -0.15) is 0 Å². The summed E-state index contributed by atoms with van der Waals surface area (Å²) in [6.45, 7) is 1.44. The lowest BCUT2D eigenvalue weighted by Gasteiger charge is -2.25. The van der Waals surface area contributed by atoms with Crippen LogP contribution in [0.2, 0.25) is 0 Å². The molecular formula is C13H20N2O3S. The zero-order valence-corrected chi connectivity index (χ0v) is 12.1. The number of sulfonamides is 1. The fourth-order valence-electron chi connectivity index (χ4n) is 2.07. The summed E-state index contributed by atoms with van der Waals surface area (Å²) in [5, 5.41) is 3.32. The first-order valence-corrected chi connectivity index (χ1v) is 7.81. The summed E-state index contributed by atoms with van der Waals surface area (Å²) in [5.74, 6) is 0. The maximum Gasteiger partial charge on any atom is 0.244 e. The van der Waals surface area contributed by atoms with Crippen LogP contribution in [-0.4, -0.2) is 46.1 Å². The van der Waals surface area contributed by atoms with E-state index in [1.165, 1.54) is 4.31 Å². The molecule has 5 nitrogen and oxygen atoms in total. The Labute approximate surface area is 114 Å². The number of nitrogens with one attached hydrogen (secondary N) is 1. The van der Waals surface area contributed by atoms with Gasteiger partial charge in [0.25, 0.3) is 0 Å². The Kier molecular flexibility index (Phi) is 4.44. The molecule has 0 bridgehead atoms. The molecule has 6 heteroatoms. The Morgan fingerprint density at radius 2 is 1.84 bits per heavy atom. The smallest absolute Gasteiger partial charge is 0.244 e. The number of hydrogen-bond donors (Lipinski definition) is 1. The van der Waals surface area contributed by atoms with E-state index in [2.05, 4.69) is 5.32 Å². The van der Waals surface area contributed by atoms with Crippen molar-refractivity contribution in [1.82, 2.24) is 4.31 Å². The summed E-state index contributed by atoms with van der Waals surface area (Å²) in [7, 11) is -0.334. The average molecular weight is 284 g/mol. The zero-order chi connectivity index (χ0) is 13.9. The quantitative estimate of drug-likeness (QED) is 0.911. The lowest BCUT2D eigenvalue weighted by molar-refractivity contribution is 0.0904. The van der Waals surface area contributed by atoms with Gasteiger partial charge in [0, 0.05) is 33.4 Å². The van der Waals surface area contributed by atoms with Crippen molar-refractivity contribution in [2.45, 2.75) is 23.8 Å². The Morgan fingerprint density at radius 1 is 1.21 bits per heavy atom. The molecule has 0 saturated carbocycles. The fourth-order valence-corrected chi connectivity index (χ4v) is 3.12. The zero-order valence-electron chi connectivity index (χ0n) is 11.3. The molecule has 1 saturated heterocycles. The molecule has 106 valence electrons. The number of benzene rings is 1. The summed E-state index contributed by atoms with van der Waals surface area (Å²) >= 11 is 0. The number of hydrogen-bond acceptors (Lipinski definition) is 4. The molecule has 2 rings (SSSR count). The van der Waals surface area contributed by atoms with Crippen molar-refractivity contribution in [2.75, 3.05) is 32.6 Å². The van der Waals surface area contributed by atoms with Gasteiger partial charge in [-0.1, -0.05) is 12.1 Å². The third-order valence-electron chi connectivity index (χ3n) is 3.23. The lowest BCUT2D eigenvalue weighted by Crippen LogP contribution is -2.29. The van der Waals surface area contributed by atoms with Crippen LogP contribution in [0, 0.1) is 0 Å². The minimum atomic E-state index is -3.42. The molecule has 0 radical (unpaired) electrons. The highest BCUT2D eigenvalue weighted by atomic mass is 32.2. The number of anilines is 1.